The van der Waals surface area contributed by atoms with Gasteiger partial charge in [-0.05, 0) is 29.9 Å². The van der Waals surface area contributed by atoms with Gasteiger partial charge in [0.25, 0.3) is 0 Å². The molecule has 2 unspecified atom stereocenters. The van der Waals surface area contributed by atoms with Crippen molar-refractivity contribution in [1.29, 1.82) is 0 Å². The van der Waals surface area contributed by atoms with E-state index in [9.17, 15) is 4.79 Å². The van der Waals surface area contributed by atoms with Crippen LogP contribution in [-0.2, 0) is 11.3 Å². The van der Waals surface area contributed by atoms with E-state index in [1.54, 1.807) is 10.9 Å². The summed E-state index contributed by atoms with van der Waals surface area (Å²) in [6.45, 7) is 7.41. The zero-order valence-corrected chi connectivity index (χ0v) is 15.5. The number of aromatic nitrogens is 2. The van der Waals surface area contributed by atoms with Gasteiger partial charge in [-0.15, -0.1) is 0 Å². The minimum Gasteiger partial charge on any atom is -0.310 e. The first-order valence-electron chi connectivity index (χ1n) is 8.78. The Bertz CT molecular complexity index is 720. The fourth-order valence-corrected chi connectivity index (χ4v) is 3.85. The van der Waals surface area contributed by atoms with Gasteiger partial charge in [0.1, 0.15) is 5.82 Å². The number of carbonyl (C=O) groups is 1. The van der Waals surface area contributed by atoms with Crippen molar-refractivity contribution < 1.29 is 4.79 Å². The van der Waals surface area contributed by atoms with Gasteiger partial charge in [-0.3, -0.25) is 9.69 Å². The lowest BCUT2D eigenvalue weighted by atomic mass is 9.92. The second-order valence-electron chi connectivity index (χ2n) is 7.15. The Balaban J connectivity index is 1.61. The summed E-state index contributed by atoms with van der Waals surface area (Å²) in [5, 5.41) is 7.99. The predicted molar refractivity (Wildman–Crippen MR) is 101 cm³/mol. The van der Waals surface area contributed by atoms with E-state index in [0.29, 0.717) is 35.8 Å². The SMILES string of the molecule is CC1CC(C)CN(CC(=O)Nc2ccnn2Cc2ccccc2Cl)C1. The van der Waals surface area contributed by atoms with Crippen LogP contribution in [0.5, 0.6) is 0 Å². The van der Waals surface area contributed by atoms with Crippen LogP contribution in [-0.4, -0.2) is 40.2 Å². The lowest BCUT2D eigenvalue weighted by Gasteiger charge is -2.34. The predicted octanol–water partition coefficient (Wildman–Crippen LogP) is 3.50. The number of anilines is 1. The molecule has 5 nitrogen and oxygen atoms in total. The Morgan fingerprint density at radius 2 is 1.96 bits per heavy atom. The molecule has 0 saturated carbocycles. The molecule has 3 rings (SSSR count). The molecule has 134 valence electrons. The molecule has 6 heteroatoms. The number of halogens is 1. The highest BCUT2D eigenvalue weighted by Crippen LogP contribution is 2.21. The molecule has 0 radical (unpaired) electrons. The number of hydrogen-bond donors (Lipinski definition) is 1. The molecule has 1 fully saturated rings. The molecule has 1 aliphatic heterocycles. The van der Waals surface area contributed by atoms with Gasteiger partial charge in [0.15, 0.2) is 0 Å². The summed E-state index contributed by atoms with van der Waals surface area (Å²) in [5.74, 6) is 1.98. The van der Waals surface area contributed by atoms with Crippen LogP contribution in [0.4, 0.5) is 5.82 Å². The summed E-state index contributed by atoms with van der Waals surface area (Å²) in [4.78, 5) is 14.7. The Hall–Kier alpha value is -1.85. The van der Waals surface area contributed by atoms with Crippen molar-refractivity contribution in [2.24, 2.45) is 11.8 Å². The monoisotopic (exact) mass is 360 g/mol. The van der Waals surface area contributed by atoms with Gasteiger partial charge < -0.3 is 5.32 Å². The van der Waals surface area contributed by atoms with Crippen molar-refractivity contribution in [3.05, 3.63) is 47.1 Å². The molecule has 2 heterocycles. The first kappa shape index (κ1) is 18.0. The van der Waals surface area contributed by atoms with Crippen LogP contribution in [0.25, 0.3) is 0 Å². The minimum absolute atomic E-state index is 0.00205. The second kappa shape index (κ2) is 8.02. The van der Waals surface area contributed by atoms with Crippen LogP contribution in [0.15, 0.2) is 36.5 Å². The van der Waals surface area contributed by atoms with E-state index >= 15 is 0 Å². The van der Waals surface area contributed by atoms with E-state index in [-0.39, 0.29) is 5.91 Å². The van der Waals surface area contributed by atoms with Crippen LogP contribution in [0.3, 0.4) is 0 Å². The summed E-state index contributed by atoms with van der Waals surface area (Å²) >= 11 is 6.22. The first-order chi connectivity index (χ1) is 12.0. The van der Waals surface area contributed by atoms with Crippen molar-refractivity contribution in [2.75, 3.05) is 25.0 Å². The molecule has 1 aliphatic rings. The van der Waals surface area contributed by atoms with Crippen molar-refractivity contribution in [3.8, 4) is 0 Å². The van der Waals surface area contributed by atoms with Crippen LogP contribution in [0, 0.1) is 11.8 Å². The molecule has 1 aromatic carbocycles. The number of nitrogens with zero attached hydrogens (tertiary/aromatic N) is 3. The molecule has 1 N–H and O–H groups in total. The molecule has 1 saturated heterocycles. The smallest absolute Gasteiger partial charge is 0.239 e. The third-order valence-electron chi connectivity index (χ3n) is 4.57. The molecule has 1 amide bonds. The average Bonchev–Trinajstić information content (AvgIpc) is 2.95. The topological polar surface area (TPSA) is 50.2 Å². The van der Waals surface area contributed by atoms with Crippen LogP contribution < -0.4 is 5.32 Å². The van der Waals surface area contributed by atoms with Gasteiger partial charge in [-0.25, -0.2) is 4.68 Å². The number of benzene rings is 1. The molecule has 0 spiro atoms. The maximum Gasteiger partial charge on any atom is 0.239 e. The highest BCUT2D eigenvalue weighted by molar-refractivity contribution is 6.31. The van der Waals surface area contributed by atoms with Gasteiger partial charge in [0, 0.05) is 24.2 Å². The minimum atomic E-state index is 0.00205. The molecule has 2 aromatic rings. The summed E-state index contributed by atoms with van der Waals surface area (Å²) in [7, 11) is 0. The van der Waals surface area contributed by atoms with Gasteiger partial charge in [0.05, 0.1) is 19.3 Å². The summed E-state index contributed by atoms with van der Waals surface area (Å²) in [6, 6.07) is 9.49. The van der Waals surface area contributed by atoms with Crippen molar-refractivity contribution >= 4 is 23.3 Å². The third-order valence-corrected chi connectivity index (χ3v) is 4.94. The molecule has 0 bridgehead atoms. The lowest BCUT2D eigenvalue weighted by Crippen LogP contribution is -2.43. The van der Waals surface area contributed by atoms with E-state index in [1.165, 1.54) is 6.42 Å². The summed E-state index contributed by atoms with van der Waals surface area (Å²) < 4.78 is 1.76. The normalized spacial score (nSPS) is 21.2. The summed E-state index contributed by atoms with van der Waals surface area (Å²) in [6.07, 6.45) is 2.93. The number of likely N-dealkylation sites (tertiary alicyclic amines) is 1. The number of amides is 1. The van der Waals surface area contributed by atoms with Gasteiger partial charge >= 0.3 is 0 Å². The highest BCUT2D eigenvalue weighted by Gasteiger charge is 2.23. The van der Waals surface area contributed by atoms with E-state index in [0.717, 1.165) is 18.7 Å². The molecule has 25 heavy (non-hydrogen) atoms. The molecule has 0 aliphatic carbocycles. The van der Waals surface area contributed by atoms with Crippen molar-refractivity contribution in [3.63, 3.8) is 0 Å². The number of carbonyl (C=O) groups excluding carboxylic acids is 1. The summed E-state index contributed by atoms with van der Waals surface area (Å²) in [5.41, 5.74) is 0.974. The van der Waals surface area contributed by atoms with E-state index in [1.807, 2.05) is 30.3 Å². The zero-order valence-electron chi connectivity index (χ0n) is 14.8. The molecular formula is C19H25ClN4O. The number of hydrogen-bond acceptors (Lipinski definition) is 3. The fraction of sp³-hybridized carbons (Fsp3) is 0.474. The van der Waals surface area contributed by atoms with E-state index in [2.05, 4.69) is 29.2 Å². The van der Waals surface area contributed by atoms with Crippen LogP contribution >= 0.6 is 11.6 Å². The second-order valence-corrected chi connectivity index (χ2v) is 7.56. The number of nitrogens with one attached hydrogen (secondary N) is 1. The van der Waals surface area contributed by atoms with Crippen LogP contribution in [0.1, 0.15) is 25.8 Å². The van der Waals surface area contributed by atoms with E-state index < -0.39 is 0 Å². The average molecular weight is 361 g/mol. The largest absolute Gasteiger partial charge is 0.310 e. The maximum atomic E-state index is 12.4. The highest BCUT2D eigenvalue weighted by atomic mass is 35.5. The molecule has 2 atom stereocenters. The van der Waals surface area contributed by atoms with Gasteiger partial charge in [0.2, 0.25) is 5.91 Å². The van der Waals surface area contributed by atoms with Gasteiger partial charge in [-0.1, -0.05) is 43.6 Å². The Kier molecular flexibility index (Phi) is 5.76. The fourth-order valence-electron chi connectivity index (χ4n) is 3.66. The first-order valence-corrected chi connectivity index (χ1v) is 9.16. The molecule has 1 aromatic heterocycles. The number of piperidine rings is 1. The maximum absolute atomic E-state index is 12.4. The molecular weight excluding hydrogens is 336 g/mol. The quantitative estimate of drug-likeness (QED) is 0.887. The number of rotatable bonds is 5. The van der Waals surface area contributed by atoms with Crippen LogP contribution in [0.2, 0.25) is 5.02 Å². The Morgan fingerprint density at radius 1 is 1.24 bits per heavy atom. The van der Waals surface area contributed by atoms with Crippen molar-refractivity contribution in [2.45, 2.75) is 26.8 Å². The lowest BCUT2D eigenvalue weighted by molar-refractivity contribution is -0.117. The Labute approximate surface area is 154 Å². The standard InChI is InChI=1S/C19H25ClN4O/c1-14-9-15(2)11-23(10-14)13-19(25)22-18-7-8-21-24(18)12-16-5-3-4-6-17(16)20/h3-8,14-15H,9-13H2,1-2H3,(H,22,25). The van der Waals surface area contributed by atoms with Crippen molar-refractivity contribution in [1.82, 2.24) is 14.7 Å². The van der Waals surface area contributed by atoms with Gasteiger partial charge in [-0.2, -0.15) is 5.10 Å². The third kappa shape index (κ3) is 4.83. The zero-order chi connectivity index (χ0) is 17.8. The van der Waals surface area contributed by atoms with E-state index in [4.69, 9.17) is 11.6 Å². The Morgan fingerprint density at radius 3 is 2.68 bits per heavy atom.